The molecule has 2 fully saturated rings. The number of amides is 2. The topological polar surface area (TPSA) is 76.2 Å². The van der Waals surface area contributed by atoms with Crippen LogP contribution in [0.2, 0.25) is 0 Å². The highest BCUT2D eigenvalue weighted by Gasteiger charge is 2.60. The first-order chi connectivity index (χ1) is 16.5. The second-order valence-corrected chi connectivity index (χ2v) is 7.99. The second-order valence-electron chi connectivity index (χ2n) is 7.99. The average Bonchev–Trinajstić information content (AvgIpc) is 3.36. The Balaban J connectivity index is 1.50. The van der Waals surface area contributed by atoms with Crippen molar-refractivity contribution in [2.45, 2.75) is 19.1 Å². The van der Waals surface area contributed by atoms with Gasteiger partial charge in [0.2, 0.25) is 5.91 Å². The maximum Gasteiger partial charge on any atom is 0.338 e. The zero-order chi connectivity index (χ0) is 23.8. The maximum absolute atomic E-state index is 13.6. The first-order valence-electron chi connectivity index (χ1n) is 10.9. The summed E-state index contributed by atoms with van der Waals surface area (Å²) in [7, 11) is 0. The van der Waals surface area contributed by atoms with Crippen LogP contribution in [0.25, 0.3) is 0 Å². The maximum atomic E-state index is 13.6. The molecule has 3 aromatic carbocycles. The molecule has 0 N–H and O–H groups in total. The molecule has 0 saturated carbocycles. The minimum absolute atomic E-state index is 0.243. The van der Waals surface area contributed by atoms with Gasteiger partial charge in [-0.15, -0.1) is 0 Å². The summed E-state index contributed by atoms with van der Waals surface area (Å²) in [6.45, 7) is 1.95. The van der Waals surface area contributed by atoms with E-state index in [2.05, 4.69) is 0 Å². The monoisotopic (exact) mass is 460 g/mol. The molecule has 0 aliphatic carbocycles. The van der Waals surface area contributed by atoms with Crippen molar-refractivity contribution in [2.75, 3.05) is 16.6 Å². The number of para-hydroxylation sites is 1. The normalized spacial score (nSPS) is 21.6. The molecule has 5 rings (SSSR count). The largest absolute Gasteiger partial charge is 0.462 e. The van der Waals surface area contributed by atoms with Gasteiger partial charge in [-0.25, -0.2) is 19.1 Å². The molecule has 7 nitrogen and oxygen atoms in total. The van der Waals surface area contributed by atoms with E-state index in [-0.39, 0.29) is 6.61 Å². The highest BCUT2D eigenvalue weighted by atomic mass is 19.1. The van der Waals surface area contributed by atoms with Crippen molar-refractivity contribution in [1.29, 1.82) is 0 Å². The highest BCUT2D eigenvalue weighted by molar-refractivity contribution is 6.24. The second kappa shape index (κ2) is 8.72. The zero-order valence-electron chi connectivity index (χ0n) is 18.3. The van der Waals surface area contributed by atoms with Crippen molar-refractivity contribution in [3.8, 4) is 0 Å². The number of nitrogens with zero attached hydrogens (tertiary/aromatic N) is 2. The summed E-state index contributed by atoms with van der Waals surface area (Å²) in [5, 5.41) is 1.56. The number of anilines is 2. The standard InChI is InChI=1S/C26H21FN2O5/c1-2-33-26(32)17-10-14-19(15-11-17)28-24(30)21-22(16-8-12-18(27)13-9-16)29(34-23(21)25(28)31)20-6-4-3-5-7-20/h3-15,21-23H,2H2,1H3/t21-,22+,23+/m1/s1. The molecule has 3 aromatic rings. The van der Waals surface area contributed by atoms with E-state index in [0.29, 0.717) is 22.5 Å². The summed E-state index contributed by atoms with van der Waals surface area (Å²) in [6, 6.07) is 20.4. The molecule has 0 aromatic heterocycles. The van der Waals surface area contributed by atoms with Gasteiger partial charge in [0.25, 0.3) is 5.91 Å². The van der Waals surface area contributed by atoms with E-state index in [1.807, 2.05) is 30.3 Å². The van der Waals surface area contributed by atoms with Gasteiger partial charge in [-0.1, -0.05) is 30.3 Å². The summed E-state index contributed by atoms with van der Waals surface area (Å²) in [5.74, 6) is -2.63. The lowest BCUT2D eigenvalue weighted by Crippen LogP contribution is -2.37. The molecule has 2 aliphatic rings. The zero-order valence-corrected chi connectivity index (χ0v) is 18.3. The van der Waals surface area contributed by atoms with E-state index in [9.17, 15) is 18.8 Å². The molecule has 0 radical (unpaired) electrons. The van der Waals surface area contributed by atoms with Crippen molar-refractivity contribution >= 4 is 29.2 Å². The third-order valence-electron chi connectivity index (χ3n) is 5.97. The fourth-order valence-corrected chi connectivity index (χ4v) is 4.43. The molecule has 0 spiro atoms. The number of carbonyl (C=O) groups excluding carboxylic acids is 3. The number of hydrogen-bond donors (Lipinski definition) is 0. The molecule has 172 valence electrons. The van der Waals surface area contributed by atoms with Gasteiger partial charge < -0.3 is 4.74 Å². The Kier molecular flexibility index (Phi) is 5.59. The molecule has 2 saturated heterocycles. The SMILES string of the molecule is CCOC(=O)c1ccc(N2C(=O)[C@H]3[C@H](ON(c4ccccc4)[C@H]3c3ccc(F)cc3)C2=O)cc1. The van der Waals surface area contributed by atoms with Crippen LogP contribution in [-0.2, 0) is 19.2 Å². The fraction of sp³-hybridized carbons (Fsp3) is 0.192. The third-order valence-corrected chi connectivity index (χ3v) is 5.97. The van der Waals surface area contributed by atoms with E-state index in [1.165, 1.54) is 36.4 Å². The molecule has 0 unspecified atom stereocenters. The summed E-state index contributed by atoms with van der Waals surface area (Å²) in [5.41, 5.74) is 1.99. The number of imide groups is 1. The first-order valence-corrected chi connectivity index (χ1v) is 10.9. The van der Waals surface area contributed by atoms with Crippen LogP contribution in [0.3, 0.4) is 0 Å². The van der Waals surface area contributed by atoms with E-state index < -0.39 is 41.7 Å². The Morgan fingerprint density at radius 1 is 0.912 bits per heavy atom. The van der Waals surface area contributed by atoms with Gasteiger partial charge in [-0.3, -0.25) is 14.4 Å². The molecule has 2 aliphatic heterocycles. The summed E-state index contributed by atoms with van der Waals surface area (Å²) >= 11 is 0. The van der Waals surface area contributed by atoms with Gasteiger partial charge in [-0.2, -0.15) is 0 Å². The van der Waals surface area contributed by atoms with Crippen LogP contribution in [-0.4, -0.2) is 30.5 Å². The van der Waals surface area contributed by atoms with Gasteiger partial charge in [0.15, 0.2) is 6.10 Å². The number of halogens is 1. The number of fused-ring (bicyclic) bond motifs is 1. The van der Waals surface area contributed by atoms with Crippen molar-refractivity contribution in [3.05, 3.63) is 95.8 Å². The lowest BCUT2D eigenvalue weighted by molar-refractivity contribution is -0.126. The third kappa shape index (κ3) is 3.62. The number of benzene rings is 3. The predicted octanol–water partition coefficient (Wildman–Crippen LogP) is 4.05. The van der Waals surface area contributed by atoms with Gasteiger partial charge in [0, 0.05) is 0 Å². The van der Waals surface area contributed by atoms with Gasteiger partial charge in [0.1, 0.15) is 11.7 Å². The van der Waals surface area contributed by atoms with Crippen LogP contribution in [0.1, 0.15) is 28.9 Å². The number of hydroxylamine groups is 1. The van der Waals surface area contributed by atoms with Crippen LogP contribution < -0.4 is 9.96 Å². The average molecular weight is 460 g/mol. The quantitative estimate of drug-likeness (QED) is 0.422. The molecule has 2 heterocycles. The number of rotatable bonds is 5. The lowest BCUT2D eigenvalue weighted by Gasteiger charge is -2.28. The Morgan fingerprint density at radius 3 is 2.24 bits per heavy atom. The van der Waals surface area contributed by atoms with Crippen molar-refractivity contribution in [1.82, 2.24) is 0 Å². The van der Waals surface area contributed by atoms with Crippen molar-refractivity contribution in [2.24, 2.45) is 5.92 Å². The Labute approximate surface area is 195 Å². The molecule has 34 heavy (non-hydrogen) atoms. The van der Waals surface area contributed by atoms with E-state index in [1.54, 1.807) is 24.1 Å². The number of esters is 1. The van der Waals surface area contributed by atoms with Crippen LogP contribution in [0.4, 0.5) is 15.8 Å². The van der Waals surface area contributed by atoms with Gasteiger partial charge in [0.05, 0.1) is 29.6 Å². The predicted molar refractivity (Wildman–Crippen MR) is 121 cm³/mol. The Hall–Kier alpha value is -4.04. The van der Waals surface area contributed by atoms with Crippen LogP contribution in [0, 0.1) is 11.7 Å². The fourth-order valence-electron chi connectivity index (χ4n) is 4.43. The van der Waals surface area contributed by atoms with E-state index in [0.717, 1.165) is 4.90 Å². The van der Waals surface area contributed by atoms with Crippen LogP contribution >= 0.6 is 0 Å². The van der Waals surface area contributed by atoms with Crippen LogP contribution in [0.15, 0.2) is 78.9 Å². The molecule has 3 atom stereocenters. The van der Waals surface area contributed by atoms with E-state index >= 15 is 0 Å². The summed E-state index contributed by atoms with van der Waals surface area (Å²) in [6.07, 6.45) is -1.03. The summed E-state index contributed by atoms with van der Waals surface area (Å²) < 4.78 is 18.6. The lowest BCUT2D eigenvalue weighted by atomic mass is 9.90. The number of hydrogen-bond acceptors (Lipinski definition) is 6. The van der Waals surface area contributed by atoms with Crippen molar-refractivity contribution in [3.63, 3.8) is 0 Å². The van der Waals surface area contributed by atoms with Gasteiger partial charge >= 0.3 is 5.97 Å². The molecule has 2 amide bonds. The minimum Gasteiger partial charge on any atom is -0.462 e. The summed E-state index contributed by atoms with van der Waals surface area (Å²) in [4.78, 5) is 46.0. The molecule has 0 bridgehead atoms. The molecular formula is C26H21FN2O5. The van der Waals surface area contributed by atoms with Crippen molar-refractivity contribution < 1.29 is 28.3 Å². The molecule has 8 heteroatoms. The van der Waals surface area contributed by atoms with E-state index in [4.69, 9.17) is 9.57 Å². The smallest absolute Gasteiger partial charge is 0.338 e. The van der Waals surface area contributed by atoms with Gasteiger partial charge in [-0.05, 0) is 61.0 Å². The first kappa shape index (κ1) is 21.8. The Morgan fingerprint density at radius 2 is 1.59 bits per heavy atom. The van der Waals surface area contributed by atoms with Crippen LogP contribution in [0.5, 0.6) is 0 Å². The Bertz CT molecular complexity index is 1230. The highest BCUT2D eigenvalue weighted by Crippen LogP contribution is 2.47. The minimum atomic E-state index is -1.03. The number of carbonyl (C=O) groups is 3. The molecular weight excluding hydrogens is 439 g/mol. The number of ether oxygens (including phenoxy) is 1.